The summed E-state index contributed by atoms with van der Waals surface area (Å²) in [6, 6.07) is 13.4. The molecule has 7 heteroatoms. The molecule has 2 heterocycles. The normalized spacial score (nSPS) is 14.0. The highest BCUT2D eigenvalue weighted by atomic mass is 16.2. The molecule has 2 aromatic rings. The summed E-state index contributed by atoms with van der Waals surface area (Å²) in [6.45, 7) is 4.81. The standard InChI is InChI=1S/C19H23N5O2/c1-15(25)22-16-5-7-18(8-6-16)23-10-12-24(13-11-23)19(26)21-14-17-4-2-3-9-20-17/h2-9H,10-14H2,1H3,(H,21,26)(H,22,25). The van der Waals surface area contributed by atoms with Gasteiger partial charge in [-0.1, -0.05) is 6.07 Å². The van der Waals surface area contributed by atoms with E-state index in [9.17, 15) is 9.59 Å². The van der Waals surface area contributed by atoms with Crippen molar-refractivity contribution in [1.82, 2.24) is 15.2 Å². The van der Waals surface area contributed by atoms with Crippen LogP contribution in [0.15, 0.2) is 48.7 Å². The van der Waals surface area contributed by atoms with Crippen LogP contribution in [0, 0.1) is 0 Å². The molecule has 0 radical (unpaired) electrons. The van der Waals surface area contributed by atoms with Crippen molar-refractivity contribution < 1.29 is 9.59 Å². The number of nitrogens with one attached hydrogen (secondary N) is 2. The van der Waals surface area contributed by atoms with Crippen molar-refractivity contribution in [2.45, 2.75) is 13.5 Å². The van der Waals surface area contributed by atoms with Crippen LogP contribution in [0.2, 0.25) is 0 Å². The molecule has 0 saturated carbocycles. The van der Waals surface area contributed by atoms with E-state index in [1.165, 1.54) is 6.92 Å². The van der Waals surface area contributed by atoms with Crippen LogP contribution in [0.25, 0.3) is 0 Å². The van der Waals surface area contributed by atoms with Gasteiger partial charge in [-0.25, -0.2) is 4.79 Å². The minimum absolute atomic E-state index is 0.0590. The zero-order chi connectivity index (χ0) is 18.4. The van der Waals surface area contributed by atoms with Gasteiger partial charge in [-0.3, -0.25) is 9.78 Å². The molecule has 1 aromatic carbocycles. The first kappa shape index (κ1) is 17.7. The second-order valence-electron chi connectivity index (χ2n) is 6.18. The van der Waals surface area contributed by atoms with Gasteiger partial charge in [0.2, 0.25) is 5.91 Å². The van der Waals surface area contributed by atoms with Gasteiger partial charge in [0.25, 0.3) is 0 Å². The molecule has 0 unspecified atom stereocenters. The molecule has 136 valence electrons. The van der Waals surface area contributed by atoms with Crippen LogP contribution >= 0.6 is 0 Å². The van der Waals surface area contributed by atoms with Crippen LogP contribution in [-0.2, 0) is 11.3 Å². The maximum absolute atomic E-state index is 12.3. The largest absolute Gasteiger partial charge is 0.368 e. The summed E-state index contributed by atoms with van der Waals surface area (Å²) in [5.41, 5.74) is 2.72. The van der Waals surface area contributed by atoms with Crippen LogP contribution in [0.1, 0.15) is 12.6 Å². The van der Waals surface area contributed by atoms with Crippen LogP contribution in [0.4, 0.5) is 16.2 Å². The highest BCUT2D eigenvalue weighted by Gasteiger charge is 2.21. The minimum Gasteiger partial charge on any atom is -0.368 e. The maximum Gasteiger partial charge on any atom is 0.317 e. The zero-order valence-corrected chi connectivity index (χ0v) is 14.8. The number of benzene rings is 1. The number of anilines is 2. The van der Waals surface area contributed by atoms with Gasteiger partial charge in [-0.2, -0.15) is 0 Å². The van der Waals surface area contributed by atoms with Gasteiger partial charge in [-0.15, -0.1) is 0 Å². The van der Waals surface area contributed by atoms with Gasteiger partial charge in [0.15, 0.2) is 0 Å². The summed E-state index contributed by atoms with van der Waals surface area (Å²) in [7, 11) is 0. The number of nitrogens with zero attached hydrogens (tertiary/aromatic N) is 3. The second-order valence-corrected chi connectivity index (χ2v) is 6.18. The van der Waals surface area contributed by atoms with Gasteiger partial charge in [0, 0.05) is 50.7 Å². The summed E-state index contributed by atoms with van der Waals surface area (Å²) in [6.07, 6.45) is 1.72. The van der Waals surface area contributed by atoms with Crippen molar-refractivity contribution in [2.24, 2.45) is 0 Å². The highest BCUT2D eigenvalue weighted by molar-refractivity contribution is 5.88. The average molecular weight is 353 g/mol. The van der Waals surface area contributed by atoms with E-state index in [-0.39, 0.29) is 11.9 Å². The molecule has 2 N–H and O–H groups in total. The Morgan fingerprint density at radius 1 is 1.04 bits per heavy atom. The Kier molecular flexibility index (Phi) is 5.68. The third-order valence-electron chi connectivity index (χ3n) is 4.27. The van der Waals surface area contributed by atoms with Crippen molar-refractivity contribution in [1.29, 1.82) is 0 Å². The van der Waals surface area contributed by atoms with Crippen molar-refractivity contribution >= 4 is 23.3 Å². The van der Waals surface area contributed by atoms with E-state index in [1.807, 2.05) is 47.4 Å². The number of urea groups is 1. The Labute approximate surface area is 153 Å². The fraction of sp³-hybridized carbons (Fsp3) is 0.316. The number of hydrogen-bond donors (Lipinski definition) is 2. The average Bonchev–Trinajstić information content (AvgIpc) is 2.67. The van der Waals surface area contributed by atoms with Crippen LogP contribution in [0.5, 0.6) is 0 Å². The zero-order valence-electron chi connectivity index (χ0n) is 14.8. The number of aromatic nitrogens is 1. The first-order valence-electron chi connectivity index (χ1n) is 8.67. The lowest BCUT2D eigenvalue weighted by Gasteiger charge is -2.36. The number of piperazine rings is 1. The smallest absolute Gasteiger partial charge is 0.317 e. The number of amides is 3. The van der Waals surface area contributed by atoms with Crippen molar-refractivity contribution in [3.8, 4) is 0 Å². The molecular weight excluding hydrogens is 330 g/mol. The van der Waals surface area contributed by atoms with E-state index in [2.05, 4.69) is 20.5 Å². The lowest BCUT2D eigenvalue weighted by molar-refractivity contribution is -0.114. The molecule has 1 aliphatic rings. The topological polar surface area (TPSA) is 77.6 Å². The first-order valence-corrected chi connectivity index (χ1v) is 8.67. The molecular formula is C19H23N5O2. The minimum atomic E-state index is -0.0805. The first-order chi connectivity index (χ1) is 12.6. The van der Waals surface area contributed by atoms with Crippen molar-refractivity contribution in [3.63, 3.8) is 0 Å². The molecule has 0 spiro atoms. The number of carbonyl (C=O) groups is 2. The lowest BCUT2D eigenvalue weighted by Crippen LogP contribution is -2.51. The van der Waals surface area contributed by atoms with Gasteiger partial charge in [-0.05, 0) is 36.4 Å². The van der Waals surface area contributed by atoms with E-state index >= 15 is 0 Å². The molecule has 1 saturated heterocycles. The maximum atomic E-state index is 12.3. The predicted molar refractivity (Wildman–Crippen MR) is 101 cm³/mol. The van der Waals surface area contributed by atoms with Gasteiger partial charge < -0.3 is 20.4 Å². The summed E-state index contributed by atoms with van der Waals surface area (Å²) in [5.74, 6) is -0.0805. The van der Waals surface area contributed by atoms with Crippen LogP contribution in [0.3, 0.4) is 0 Å². The summed E-state index contributed by atoms with van der Waals surface area (Å²) in [5, 5.41) is 5.68. The quantitative estimate of drug-likeness (QED) is 0.882. The fourth-order valence-corrected chi connectivity index (χ4v) is 2.91. The van der Waals surface area contributed by atoms with E-state index in [0.29, 0.717) is 19.6 Å². The van der Waals surface area contributed by atoms with Gasteiger partial charge in [0.05, 0.1) is 12.2 Å². The number of pyridine rings is 1. The molecule has 1 aromatic heterocycles. The number of rotatable bonds is 4. The molecule has 0 bridgehead atoms. The fourth-order valence-electron chi connectivity index (χ4n) is 2.91. The molecule has 1 fully saturated rings. The Balaban J connectivity index is 1.47. The van der Waals surface area contributed by atoms with Gasteiger partial charge >= 0.3 is 6.03 Å². The van der Waals surface area contributed by atoms with Gasteiger partial charge in [0.1, 0.15) is 0 Å². The number of hydrogen-bond acceptors (Lipinski definition) is 4. The SMILES string of the molecule is CC(=O)Nc1ccc(N2CCN(C(=O)NCc3ccccn3)CC2)cc1. The lowest BCUT2D eigenvalue weighted by atomic mass is 10.2. The molecule has 3 amide bonds. The van der Waals surface area contributed by atoms with Crippen LogP contribution < -0.4 is 15.5 Å². The third kappa shape index (κ3) is 4.72. The van der Waals surface area contributed by atoms with E-state index in [1.54, 1.807) is 6.20 Å². The van der Waals surface area contributed by atoms with E-state index in [0.717, 1.165) is 30.2 Å². The predicted octanol–water partition coefficient (Wildman–Crippen LogP) is 2.07. The molecule has 26 heavy (non-hydrogen) atoms. The third-order valence-corrected chi connectivity index (χ3v) is 4.27. The Morgan fingerprint density at radius 2 is 1.77 bits per heavy atom. The molecule has 0 aliphatic carbocycles. The molecule has 0 atom stereocenters. The summed E-state index contributed by atoms with van der Waals surface area (Å²) >= 11 is 0. The second kappa shape index (κ2) is 8.33. The summed E-state index contributed by atoms with van der Waals surface area (Å²) in [4.78, 5) is 31.6. The molecule has 7 nitrogen and oxygen atoms in total. The monoisotopic (exact) mass is 353 g/mol. The highest BCUT2D eigenvalue weighted by Crippen LogP contribution is 2.19. The van der Waals surface area contributed by atoms with Crippen LogP contribution in [-0.4, -0.2) is 48.0 Å². The van der Waals surface area contributed by atoms with Crippen molar-refractivity contribution in [3.05, 3.63) is 54.4 Å². The summed E-state index contributed by atoms with van der Waals surface area (Å²) < 4.78 is 0. The Bertz CT molecular complexity index is 740. The van der Waals surface area contributed by atoms with Crippen molar-refractivity contribution in [2.75, 3.05) is 36.4 Å². The van der Waals surface area contributed by atoms with E-state index in [4.69, 9.17) is 0 Å². The Morgan fingerprint density at radius 3 is 2.38 bits per heavy atom. The Hall–Kier alpha value is -3.09. The number of carbonyl (C=O) groups excluding carboxylic acids is 2. The molecule has 3 rings (SSSR count). The molecule has 1 aliphatic heterocycles. The van der Waals surface area contributed by atoms with E-state index < -0.39 is 0 Å².